The molecule has 1 atom stereocenters. The third-order valence-electron chi connectivity index (χ3n) is 5.05. The van der Waals surface area contributed by atoms with E-state index in [1.807, 2.05) is 43.3 Å². The second-order valence-electron chi connectivity index (χ2n) is 6.82. The summed E-state index contributed by atoms with van der Waals surface area (Å²) in [7, 11) is 0. The van der Waals surface area contributed by atoms with Gasteiger partial charge in [0.25, 0.3) is 0 Å². The van der Waals surface area contributed by atoms with Crippen LogP contribution in [0.5, 0.6) is 0 Å². The number of aryl methyl sites for hydroxylation is 2. The summed E-state index contributed by atoms with van der Waals surface area (Å²) in [6, 6.07) is 11.8. The fourth-order valence-corrected chi connectivity index (χ4v) is 4.45. The summed E-state index contributed by atoms with van der Waals surface area (Å²) in [6.07, 6.45) is 3.99. The highest BCUT2D eigenvalue weighted by Gasteiger charge is 2.23. The maximum atomic E-state index is 13.0. The zero-order valence-electron chi connectivity index (χ0n) is 16.8. The van der Waals surface area contributed by atoms with Crippen LogP contribution in [0.25, 0.3) is 16.6 Å². The molecule has 6 nitrogen and oxygen atoms in total. The Hall–Kier alpha value is -2.80. The smallest absolute Gasteiger partial charge is 0.237 e. The maximum absolute atomic E-state index is 13.0. The van der Waals surface area contributed by atoms with Gasteiger partial charge < -0.3 is 9.73 Å². The van der Waals surface area contributed by atoms with E-state index in [-0.39, 0.29) is 11.2 Å². The van der Waals surface area contributed by atoms with Gasteiger partial charge >= 0.3 is 0 Å². The van der Waals surface area contributed by atoms with Crippen molar-refractivity contribution in [1.82, 2.24) is 14.6 Å². The number of thioether (sulfide) groups is 1. The summed E-state index contributed by atoms with van der Waals surface area (Å²) < 4.78 is 7.65. The highest BCUT2D eigenvalue weighted by atomic mass is 32.2. The van der Waals surface area contributed by atoms with Crippen LogP contribution in [0.4, 0.5) is 5.69 Å². The second kappa shape index (κ2) is 8.29. The number of carbonyl (C=O) groups is 1. The molecule has 1 N–H and O–H groups in total. The van der Waals surface area contributed by atoms with E-state index in [1.54, 1.807) is 6.26 Å². The largest absolute Gasteiger partial charge is 0.463 e. The number of rotatable bonds is 7. The number of nitrogens with one attached hydrogen (secondary N) is 1. The fourth-order valence-electron chi connectivity index (χ4n) is 3.49. The number of nitrogens with zero attached hydrogens (tertiary/aromatic N) is 3. The number of fused-ring (bicyclic) bond motifs is 3. The standard InChI is InChI=1S/C22H24N4O2S/c1-4-14-9-7-8-10-15(14)23-21(27)19(5-2)29-22-17-13-18-16(11-12-28-18)26(17)20(6-3)24-25-22/h7-13,19H,4-6H2,1-3H3,(H,23,27)/t19-/m0/s1. The van der Waals surface area contributed by atoms with Crippen molar-refractivity contribution in [1.29, 1.82) is 0 Å². The summed E-state index contributed by atoms with van der Waals surface area (Å²) >= 11 is 1.45. The number of benzene rings is 1. The molecule has 150 valence electrons. The zero-order chi connectivity index (χ0) is 20.4. The highest BCUT2D eigenvalue weighted by Crippen LogP contribution is 2.32. The van der Waals surface area contributed by atoms with E-state index in [0.717, 1.165) is 51.6 Å². The molecular weight excluding hydrogens is 384 g/mol. The summed E-state index contributed by atoms with van der Waals surface area (Å²) in [5, 5.41) is 12.4. The average molecular weight is 409 g/mol. The number of para-hydroxylation sites is 1. The van der Waals surface area contributed by atoms with Crippen LogP contribution < -0.4 is 5.32 Å². The SMILES string of the molecule is CCc1ccccc1NC(=O)[C@H](CC)Sc1nnc(CC)n2c1cc1occc12. The molecule has 0 aliphatic rings. The molecule has 0 saturated heterocycles. The minimum absolute atomic E-state index is 0.0202. The van der Waals surface area contributed by atoms with Crippen LogP contribution in [0.1, 0.15) is 38.6 Å². The van der Waals surface area contributed by atoms with Crippen LogP contribution in [0.3, 0.4) is 0 Å². The Morgan fingerprint density at radius 2 is 1.97 bits per heavy atom. The third-order valence-corrected chi connectivity index (χ3v) is 6.39. The first kappa shape index (κ1) is 19.5. The summed E-state index contributed by atoms with van der Waals surface area (Å²) in [6.45, 7) is 6.15. The summed E-state index contributed by atoms with van der Waals surface area (Å²) in [5.41, 5.74) is 4.70. The molecule has 3 heterocycles. The molecule has 1 aromatic carbocycles. The van der Waals surface area contributed by atoms with E-state index in [2.05, 4.69) is 33.8 Å². The number of hydrogen-bond acceptors (Lipinski definition) is 5. The first-order chi connectivity index (χ1) is 14.2. The average Bonchev–Trinajstić information content (AvgIpc) is 3.34. The van der Waals surface area contributed by atoms with Crippen LogP contribution >= 0.6 is 11.8 Å². The van der Waals surface area contributed by atoms with Crippen molar-refractivity contribution in [3.8, 4) is 0 Å². The van der Waals surface area contributed by atoms with E-state index in [9.17, 15) is 4.79 Å². The molecule has 0 aliphatic carbocycles. The van der Waals surface area contributed by atoms with Gasteiger partial charge in [0.15, 0.2) is 5.58 Å². The number of anilines is 1. The fraction of sp³-hybridized carbons (Fsp3) is 0.318. The second-order valence-corrected chi connectivity index (χ2v) is 8.02. The summed E-state index contributed by atoms with van der Waals surface area (Å²) in [5.74, 6) is 0.850. The maximum Gasteiger partial charge on any atom is 0.237 e. The lowest BCUT2D eigenvalue weighted by atomic mass is 10.1. The Kier molecular flexibility index (Phi) is 5.58. The van der Waals surface area contributed by atoms with Crippen molar-refractivity contribution in [2.24, 2.45) is 0 Å². The first-order valence-electron chi connectivity index (χ1n) is 9.95. The van der Waals surface area contributed by atoms with Crippen LogP contribution in [0.15, 0.2) is 52.1 Å². The molecular formula is C22H24N4O2S. The van der Waals surface area contributed by atoms with E-state index in [4.69, 9.17) is 4.42 Å². The molecule has 0 spiro atoms. The topological polar surface area (TPSA) is 72.4 Å². The normalized spacial score (nSPS) is 12.5. The minimum Gasteiger partial charge on any atom is -0.463 e. The monoisotopic (exact) mass is 408 g/mol. The van der Waals surface area contributed by atoms with Crippen LogP contribution in [-0.4, -0.2) is 25.8 Å². The van der Waals surface area contributed by atoms with E-state index in [1.165, 1.54) is 11.8 Å². The molecule has 0 unspecified atom stereocenters. The lowest BCUT2D eigenvalue weighted by Crippen LogP contribution is -2.25. The number of furan rings is 1. The van der Waals surface area contributed by atoms with Gasteiger partial charge in [-0.15, -0.1) is 10.2 Å². The quantitative estimate of drug-likeness (QED) is 0.430. The van der Waals surface area contributed by atoms with Crippen LogP contribution in [0.2, 0.25) is 0 Å². The van der Waals surface area contributed by atoms with Crippen molar-refractivity contribution in [3.05, 3.63) is 54.0 Å². The van der Waals surface area contributed by atoms with E-state index < -0.39 is 0 Å². The van der Waals surface area contributed by atoms with Gasteiger partial charge in [-0.1, -0.05) is 50.7 Å². The van der Waals surface area contributed by atoms with Crippen molar-refractivity contribution >= 4 is 40.0 Å². The van der Waals surface area contributed by atoms with Crippen molar-refractivity contribution in [3.63, 3.8) is 0 Å². The van der Waals surface area contributed by atoms with Gasteiger partial charge in [0.05, 0.1) is 22.5 Å². The molecule has 7 heteroatoms. The third kappa shape index (κ3) is 3.62. The molecule has 4 rings (SSSR count). The Balaban J connectivity index is 1.65. The molecule has 0 bridgehead atoms. The van der Waals surface area contributed by atoms with Crippen molar-refractivity contribution < 1.29 is 9.21 Å². The van der Waals surface area contributed by atoms with Crippen molar-refractivity contribution in [2.75, 3.05) is 5.32 Å². The highest BCUT2D eigenvalue weighted by molar-refractivity contribution is 8.00. The lowest BCUT2D eigenvalue weighted by molar-refractivity contribution is -0.115. The van der Waals surface area contributed by atoms with Gasteiger partial charge in [0, 0.05) is 24.2 Å². The zero-order valence-corrected chi connectivity index (χ0v) is 17.6. The first-order valence-corrected chi connectivity index (χ1v) is 10.8. The van der Waals surface area contributed by atoms with Gasteiger partial charge in [-0.25, -0.2) is 0 Å². The predicted octanol–water partition coefficient (Wildman–Crippen LogP) is 5.11. The molecule has 0 aliphatic heterocycles. The Bertz CT molecular complexity index is 1160. The van der Waals surface area contributed by atoms with Crippen molar-refractivity contribution in [2.45, 2.75) is 50.3 Å². The Morgan fingerprint density at radius 1 is 1.14 bits per heavy atom. The molecule has 4 aromatic rings. The lowest BCUT2D eigenvalue weighted by Gasteiger charge is -2.16. The number of aromatic nitrogens is 3. The van der Waals surface area contributed by atoms with Gasteiger partial charge in [-0.2, -0.15) is 0 Å². The Labute approximate surface area is 173 Å². The van der Waals surface area contributed by atoms with Gasteiger partial charge in [-0.3, -0.25) is 9.20 Å². The predicted molar refractivity (Wildman–Crippen MR) is 117 cm³/mol. The van der Waals surface area contributed by atoms with E-state index >= 15 is 0 Å². The Morgan fingerprint density at radius 3 is 2.72 bits per heavy atom. The number of hydrogen-bond donors (Lipinski definition) is 1. The molecule has 0 radical (unpaired) electrons. The van der Waals surface area contributed by atoms with Gasteiger partial charge in [0.1, 0.15) is 10.9 Å². The minimum atomic E-state index is -0.272. The van der Waals surface area contributed by atoms with Gasteiger partial charge in [0.2, 0.25) is 5.91 Å². The molecule has 0 saturated carbocycles. The molecule has 0 fully saturated rings. The van der Waals surface area contributed by atoms with E-state index in [0.29, 0.717) is 6.42 Å². The molecule has 1 amide bonds. The molecule has 29 heavy (non-hydrogen) atoms. The van der Waals surface area contributed by atoms with Crippen LogP contribution in [-0.2, 0) is 17.6 Å². The van der Waals surface area contributed by atoms with Crippen LogP contribution in [0, 0.1) is 0 Å². The number of amides is 1. The number of carbonyl (C=O) groups excluding carboxylic acids is 1. The molecule has 3 aromatic heterocycles. The van der Waals surface area contributed by atoms with Gasteiger partial charge in [-0.05, 0) is 24.5 Å². The summed E-state index contributed by atoms with van der Waals surface area (Å²) in [4.78, 5) is 13.0.